The third-order valence-corrected chi connectivity index (χ3v) is 5.93. The predicted octanol–water partition coefficient (Wildman–Crippen LogP) is 4.23. The fourth-order valence-electron chi connectivity index (χ4n) is 4.24. The Balaban J connectivity index is 1.48. The Kier molecular flexibility index (Phi) is 6.24. The Morgan fingerprint density at radius 1 is 1.19 bits per heavy atom. The molecule has 1 aliphatic rings. The smallest absolute Gasteiger partial charge is 0.239 e. The quantitative estimate of drug-likeness (QED) is 0.613. The Hall–Kier alpha value is -3.63. The maximum absolute atomic E-state index is 13.9. The van der Waals surface area contributed by atoms with Gasteiger partial charge in [-0.05, 0) is 56.2 Å². The first-order valence-electron chi connectivity index (χ1n) is 10.7. The average Bonchev–Trinajstić information content (AvgIpc) is 3.30. The maximum Gasteiger partial charge on any atom is 0.239 e. The Labute approximate surface area is 187 Å². The second-order valence-electron chi connectivity index (χ2n) is 8.14. The molecule has 0 spiro atoms. The van der Waals surface area contributed by atoms with Gasteiger partial charge in [-0.2, -0.15) is 5.26 Å². The molecule has 32 heavy (non-hydrogen) atoms. The lowest BCUT2D eigenvalue weighted by Gasteiger charge is -2.18. The van der Waals surface area contributed by atoms with Crippen molar-refractivity contribution >= 4 is 17.4 Å². The summed E-state index contributed by atoms with van der Waals surface area (Å²) in [6.45, 7) is 5.49. The van der Waals surface area contributed by atoms with Gasteiger partial charge in [0.05, 0.1) is 17.8 Å². The van der Waals surface area contributed by atoms with Gasteiger partial charge in [0.2, 0.25) is 5.91 Å². The van der Waals surface area contributed by atoms with E-state index in [1.165, 1.54) is 12.1 Å². The minimum Gasteiger partial charge on any atom is -0.381 e. The number of carbonyl (C=O) groups is 1. The highest BCUT2D eigenvalue weighted by Crippen LogP contribution is 2.30. The number of likely N-dealkylation sites (tertiary alicyclic amines) is 1. The lowest BCUT2D eigenvalue weighted by atomic mass is 10.2. The molecule has 2 heterocycles. The maximum atomic E-state index is 13.9. The van der Waals surface area contributed by atoms with Gasteiger partial charge in [0.1, 0.15) is 17.7 Å². The highest BCUT2D eigenvalue weighted by Gasteiger charge is 2.26. The summed E-state index contributed by atoms with van der Waals surface area (Å²) in [5.41, 5.74) is 3.58. The normalized spacial score (nSPS) is 16.0. The summed E-state index contributed by atoms with van der Waals surface area (Å²) in [7, 11) is 0. The van der Waals surface area contributed by atoms with Crippen LogP contribution in [0.15, 0.2) is 54.6 Å². The topological polar surface area (TPSA) is 73.1 Å². The number of carbonyl (C=O) groups excluding carboxylic acids is 1. The first-order valence-corrected chi connectivity index (χ1v) is 10.7. The second-order valence-corrected chi connectivity index (χ2v) is 8.14. The number of nitrogens with one attached hydrogen (secondary N) is 2. The molecule has 1 fully saturated rings. The van der Waals surface area contributed by atoms with Crippen molar-refractivity contribution in [2.45, 2.75) is 26.3 Å². The van der Waals surface area contributed by atoms with Crippen molar-refractivity contribution in [3.05, 3.63) is 77.2 Å². The van der Waals surface area contributed by atoms with E-state index in [0.717, 1.165) is 36.5 Å². The van der Waals surface area contributed by atoms with Gasteiger partial charge in [0.25, 0.3) is 0 Å². The van der Waals surface area contributed by atoms with Crippen molar-refractivity contribution < 1.29 is 9.18 Å². The number of halogens is 1. The molecule has 1 saturated heterocycles. The molecule has 6 nitrogen and oxygen atoms in total. The number of amides is 1. The monoisotopic (exact) mass is 431 g/mol. The fourth-order valence-corrected chi connectivity index (χ4v) is 4.24. The van der Waals surface area contributed by atoms with E-state index in [0.29, 0.717) is 17.1 Å². The van der Waals surface area contributed by atoms with E-state index in [2.05, 4.69) is 21.6 Å². The van der Waals surface area contributed by atoms with Crippen LogP contribution in [0, 0.1) is 31.0 Å². The molecule has 7 heteroatoms. The van der Waals surface area contributed by atoms with Gasteiger partial charge >= 0.3 is 0 Å². The molecule has 0 saturated carbocycles. The number of nitrogens with zero attached hydrogens (tertiary/aromatic N) is 3. The zero-order valence-corrected chi connectivity index (χ0v) is 18.2. The molecule has 2 N–H and O–H groups in total. The molecule has 164 valence electrons. The van der Waals surface area contributed by atoms with E-state index in [4.69, 9.17) is 0 Å². The van der Waals surface area contributed by atoms with Gasteiger partial charge in [-0.3, -0.25) is 14.3 Å². The van der Waals surface area contributed by atoms with Crippen LogP contribution in [0.2, 0.25) is 0 Å². The van der Waals surface area contributed by atoms with Crippen molar-refractivity contribution in [2.75, 3.05) is 30.3 Å². The standard InChI is InChI=1S/C25H26FN5O/c1-17-18(2)31(22-10-6-7-19(26)13-22)25(23(17)14-27)29-24(32)16-30-12-11-21(15-30)28-20-8-4-3-5-9-20/h3-10,13,21,28H,11-12,15-16H2,1-2H3,(H,29,32). The van der Waals surface area contributed by atoms with Gasteiger partial charge in [0.15, 0.2) is 0 Å². The van der Waals surface area contributed by atoms with Crippen molar-refractivity contribution in [3.8, 4) is 11.8 Å². The summed E-state index contributed by atoms with van der Waals surface area (Å²) in [5.74, 6) is -0.189. The first kappa shape index (κ1) is 21.6. The number of rotatable bonds is 6. The third kappa shape index (κ3) is 4.51. The number of hydrogen-bond donors (Lipinski definition) is 2. The lowest BCUT2D eigenvalue weighted by Crippen LogP contribution is -2.34. The SMILES string of the molecule is Cc1c(C#N)c(NC(=O)CN2CCC(Nc3ccccc3)C2)n(-c2cccc(F)c2)c1C. The van der Waals surface area contributed by atoms with Crippen LogP contribution in [-0.4, -0.2) is 41.1 Å². The molecule has 4 rings (SSSR count). The van der Waals surface area contributed by atoms with E-state index in [-0.39, 0.29) is 24.3 Å². The van der Waals surface area contributed by atoms with Crippen LogP contribution in [0.1, 0.15) is 23.2 Å². The molecule has 1 amide bonds. The van der Waals surface area contributed by atoms with Gasteiger partial charge in [-0.1, -0.05) is 24.3 Å². The summed E-state index contributed by atoms with van der Waals surface area (Å²) in [4.78, 5) is 15.0. The zero-order valence-electron chi connectivity index (χ0n) is 18.2. The van der Waals surface area contributed by atoms with E-state index in [1.54, 1.807) is 16.7 Å². The van der Waals surface area contributed by atoms with Crippen LogP contribution in [-0.2, 0) is 4.79 Å². The van der Waals surface area contributed by atoms with Crippen LogP contribution in [0.5, 0.6) is 0 Å². The zero-order chi connectivity index (χ0) is 22.7. The van der Waals surface area contributed by atoms with Gasteiger partial charge < -0.3 is 10.6 Å². The van der Waals surface area contributed by atoms with Crippen LogP contribution >= 0.6 is 0 Å². The molecule has 0 bridgehead atoms. The van der Waals surface area contributed by atoms with Gasteiger partial charge in [-0.15, -0.1) is 0 Å². The minimum absolute atomic E-state index is 0.197. The lowest BCUT2D eigenvalue weighted by molar-refractivity contribution is -0.117. The predicted molar refractivity (Wildman–Crippen MR) is 123 cm³/mol. The third-order valence-electron chi connectivity index (χ3n) is 5.93. The number of anilines is 2. The molecule has 0 radical (unpaired) electrons. The molecule has 0 aliphatic carbocycles. The number of aromatic nitrogens is 1. The molecule has 3 aromatic rings. The highest BCUT2D eigenvalue weighted by atomic mass is 19.1. The average molecular weight is 432 g/mol. The van der Waals surface area contributed by atoms with Crippen molar-refractivity contribution in [1.29, 1.82) is 5.26 Å². The van der Waals surface area contributed by atoms with Crippen LogP contribution in [0.4, 0.5) is 15.9 Å². The van der Waals surface area contributed by atoms with Crippen molar-refractivity contribution in [1.82, 2.24) is 9.47 Å². The van der Waals surface area contributed by atoms with Crippen molar-refractivity contribution in [2.24, 2.45) is 0 Å². The molecule has 1 aromatic heterocycles. The Bertz CT molecular complexity index is 1170. The summed E-state index contributed by atoms with van der Waals surface area (Å²) in [6, 6.07) is 18.6. The summed E-state index contributed by atoms with van der Waals surface area (Å²) >= 11 is 0. The first-order chi connectivity index (χ1) is 15.5. The second kappa shape index (κ2) is 9.25. The van der Waals surface area contributed by atoms with E-state index >= 15 is 0 Å². The van der Waals surface area contributed by atoms with E-state index < -0.39 is 0 Å². The molecular formula is C25H26FN5O. The minimum atomic E-state index is -0.377. The summed E-state index contributed by atoms with van der Waals surface area (Å²) in [6.07, 6.45) is 0.948. The number of nitriles is 1. The van der Waals surface area contributed by atoms with Gasteiger partial charge in [-0.25, -0.2) is 4.39 Å². The molecule has 2 aromatic carbocycles. The Morgan fingerprint density at radius 2 is 1.97 bits per heavy atom. The van der Waals surface area contributed by atoms with Crippen LogP contribution in [0.3, 0.4) is 0 Å². The largest absolute Gasteiger partial charge is 0.381 e. The summed E-state index contributed by atoms with van der Waals surface area (Å²) < 4.78 is 15.6. The molecular weight excluding hydrogens is 405 g/mol. The highest BCUT2D eigenvalue weighted by molar-refractivity contribution is 5.93. The molecule has 1 unspecified atom stereocenters. The van der Waals surface area contributed by atoms with Crippen LogP contribution in [0.25, 0.3) is 5.69 Å². The van der Waals surface area contributed by atoms with E-state index in [1.807, 2.05) is 44.2 Å². The number of para-hydroxylation sites is 1. The van der Waals surface area contributed by atoms with Gasteiger partial charge in [0, 0.05) is 30.5 Å². The molecule has 1 atom stereocenters. The summed E-state index contributed by atoms with van der Waals surface area (Å²) in [5, 5.41) is 16.1. The number of hydrogen-bond acceptors (Lipinski definition) is 4. The number of benzene rings is 2. The fraction of sp³-hybridized carbons (Fsp3) is 0.280. The van der Waals surface area contributed by atoms with Crippen molar-refractivity contribution in [3.63, 3.8) is 0 Å². The van der Waals surface area contributed by atoms with Crippen LogP contribution < -0.4 is 10.6 Å². The Morgan fingerprint density at radius 3 is 2.69 bits per heavy atom. The molecule has 1 aliphatic heterocycles. The van der Waals surface area contributed by atoms with E-state index in [9.17, 15) is 14.4 Å².